The second kappa shape index (κ2) is 7.84. The van der Waals surface area contributed by atoms with Gasteiger partial charge in [-0.25, -0.2) is 9.37 Å². The van der Waals surface area contributed by atoms with Crippen LogP contribution in [0, 0.1) is 5.82 Å². The predicted octanol–water partition coefficient (Wildman–Crippen LogP) is 2.82. The molecule has 0 saturated carbocycles. The van der Waals surface area contributed by atoms with Crippen LogP contribution < -0.4 is 4.72 Å². The van der Waals surface area contributed by atoms with Gasteiger partial charge in [0.15, 0.2) is 5.82 Å². The third-order valence-electron chi connectivity index (χ3n) is 4.84. The molecule has 0 fully saturated rings. The molecular formula is C20H20FN5O2S. The molecule has 0 saturated heterocycles. The number of fused-ring (bicyclic) bond motifs is 1. The minimum atomic E-state index is -1.26. The Hall–Kier alpha value is -2.91. The summed E-state index contributed by atoms with van der Waals surface area (Å²) in [6.45, 7) is 3.16. The monoisotopic (exact) mass is 413 g/mol. The second-order valence-corrected chi connectivity index (χ2v) is 7.94. The number of rotatable bonds is 4. The van der Waals surface area contributed by atoms with Crippen molar-refractivity contribution in [3.8, 4) is 22.4 Å². The smallest absolute Gasteiger partial charge is 0.219 e. The Morgan fingerprint density at radius 3 is 2.66 bits per heavy atom. The van der Waals surface area contributed by atoms with Crippen molar-refractivity contribution < 1.29 is 13.7 Å². The number of amides is 1. The molecule has 0 bridgehead atoms. The van der Waals surface area contributed by atoms with Crippen molar-refractivity contribution in [3.05, 3.63) is 54.1 Å². The Kier molecular flexibility index (Phi) is 5.25. The van der Waals surface area contributed by atoms with Crippen LogP contribution in [-0.4, -0.2) is 42.9 Å². The molecule has 1 unspecified atom stereocenters. The highest BCUT2D eigenvalue weighted by atomic mass is 32.2. The van der Waals surface area contributed by atoms with Gasteiger partial charge < -0.3 is 9.45 Å². The zero-order valence-electron chi connectivity index (χ0n) is 16.1. The van der Waals surface area contributed by atoms with Crippen molar-refractivity contribution >= 4 is 23.1 Å². The summed E-state index contributed by atoms with van der Waals surface area (Å²) in [6, 6.07) is 9.84. The molecule has 1 aromatic carbocycles. The number of hydrogen-bond donors (Lipinski definition) is 1. The molecule has 3 aromatic rings. The van der Waals surface area contributed by atoms with Crippen LogP contribution >= 0.6 is 0 Å². The first-order chi connectivity index (χ1) is 13.9. The lowest BCUT2D eigenvalue weighted by Gasteiger charge is -2.27. The molecule has 1 aliphatic heterocycles. The van der Waals surface area contributed by atoms with E-state index in [2.05, 4.69) is 9.71 Å². The maximum atomic E-state index is 13.5. The van der Waals surface area contributed by atoms with Crippen molar-refractivity contribution in [2.45, 2.75) is 20.0 Å². The fourth-order valence-electron chi connectivity index (χ4n) is 3.49. The van der Waals surface area contributed by atoms with Gasteiger partial charge in [-0.15, -0.1) is 0 Å². The summed E-state index contributed by atoms with van der Waals surface area (Å²) < 4.78 is 29.7. The van der Waals surface area contributed by atoms with Gasteiger partial charge in [0, 0.05) is 30.8 Å². The van der Waals surface area contributed by atoms with Gasteiger partial charge in [0.1, 0.15) is 17.8 Å². The number of nitrogens with one attached hydrogen (secondary N) is 1. The van der Waals surface area contributed by atoms with Crippen molar-refractivity contribution in [2.75, 3.05) is 17.5 Å². The minimum Gasteiger partial charge on any atom is -0.593 e. The lowest BCUT2D eigenvalue weighted by atomic mass is 9.98. The molecule has 1 N–H and O–H groups in total. The van der Waals surface area contributed by atoms with Crippen molar-refractivity contribution in [1.29, 1.82) is 0 Å². The van der Waals surface area contributed by atoms with E-state index >= 15 is 0 Å². The normalized spacial score (nSPS) is 14.4. The molecule has 0 spiro atoms. The van der Waals surface area contributed by atoms with Crippen molar-refractivity contribution in [3.63, 3.8) is 0 Å². The highest BCUT2D eigenvalue weighted by Crippen LogP contribution is 2.37. The number of halogens is 1. The van der Waals surface area contributed by atoms with Gasteiger partial charge in [0.25, 0.3) is 0 Å². The third-order valence-corrected chi connectivity index (χ3v) is 5.34. The molecule has 1 atom stereocenters. The summed E-state index contributed by atoms with van der Waals surface area (Å²) in [5.74, 6) is 0.167. The number of pyridine rings is 1. The summed E-state index contributed by atoms with van der Waals surface area (Å²) in [7, 11) is 0. The summed E-state index contributed by atoms with van der Waals surface area (Å²) in [6.07, 6.45) is 3.17. The molecule has 7 nitrogen and oxygen atoms in total. The maximum absolute atomic E-state index is 13.5. The molecule has 3 heterocycles. The van der Waals surface area contributed by atoms with Gasteiger partial charge in [-0.3, -0.25) is 9.48 Å². The number of hydrogen-bond acceptors (Lipinski definition) is 5. The molecule has 2 aromatic heterocycles. The van der Waals surface area contributed by atoms with Gasteiger partial charge in [0.05, 0.1) is 30.1 Å². The maximum Gasteiger partial charge on any atom is 0.219 e. The van der Waals surface area contributed by atoms with Crippen molar-refractivity contribution in [2.24, 2.45) is 0 Å². The molecule has 1 aliphatic rings. The molecular weight excluding hydrogens is 393 g/mol. The van der Waals surface area contributed by atoms with Gasteiger partial charge in [0.2, 0.25) is 5.91 Å². The van der Waals surface area contributed by atoms with E-state index in [9.17, 15) is 13.7 Å². The Bertz CT molecular complexity index is 1050. The quantitative estimate of drug-likeness (QED) is 0.665. The largest absolute Gasteiger partial charge is 0.593 e. The molecule has 9 heteroatoms. The average Bonchev–Trinajstić information content (AvgIpc) is 3.06. The predicted molar refractivity (Wildman–Crippen MR) is 110 cm³/mol. The summed E-state index contributed by atoms with van der Waals surface area (Å²) >= 11 is -1.26. The van der Waals surface area contributed by atoms with Gasteiger partial charge in [-0.05, 0) is 42.0 Å². The first-order valence-electron chi connectivity index (χ1n) is 9.10. The fourth-order valence-corrected chi connectivity index (χ4v) is 3.89. The number of carbonyl (C=O) groups is 1. The van der Waals surface area contributed by atoms with Crippen LogP contribution in [0.3, 0.4) is 0 Å². The lowest BCUT2D eigenvalue weighted by Crippen LogP contribution is -2.37. The Morgan fingerprint density at radius 1 is 1.21 bits per heavy atom. The molecule has 29 heavy (non-hydrogen) atoms. The van der Waals surface area contributed by atoms with Crippen LogP contribution in [0.5, 0.6) is 0 Å². The van der Waals surface area contributed by atoms with E-state index in [1.165, 1.54) is 18.4 Å². The van der Waals surface area contributed by atoms with E-state index in [0.29, 0.717) is 31.1 Å². The summed E-state index contributed by atoms with van der Waals surface area (Å²) in [5.41, 5.74) is 4.08. The van der Waals surface area contributed by atoms with E-state index in [-0.39, 0.29) is 11.7 Å². The SMILES string of the molecule is CC(=O)N1CCn2nc(-c3ccc(F)cc3)c(-c3ccnc(N[S+](C)[O-])c3)c2C1. The topological polar surface area (TPSA) is 86.1 Å². The molecule has 1 amide bonds. The van der Waals surface area contributed by atoms with E-state index < -0.39 is 11.4 Å². The number of carbonyl (C=O) groups excluding carboxylic acids is 1. The van der Waals surface area contributed by atoms with E-state index in [0.717, 1.165) is 22.4 Å². The van der Waals surface area contributed by atoms with Gasteiger partial charge in [-0.1, -0.05) is 0 Å². The number of nitrogens with zero attached hydrogens (tertiary/aromatic N) is 4. The first kappa shape index (κ1) is 19.4. The van der Waals surface area contributed by atoms with Crippen molar-refractivity contribution in [1.82, 2.24) is 19.7 Å². The zero-order chi connectivity index (χ0) is 20.5. The average molecular weight is 413 g/mol. The summed E-state index contributed by atoms with van der Waals surface area (Å²) in [4.78, 5) is 17.9. The number of anilines is 1. The molecule has 4 rings (SSSR count). The Morgan fingerprint density at radius 2 is 1.97 bits per heavy atom. The van der Waals surface area contributed by atoms with Crippen LogP contribution in [0.15, 0.2) is 42.6 Å². The van der Waals surface area contributed by atoms with E-state index in [1.54, 1.807) is 36.2 Å². The Balaban J connectivity index is 1.87. The van der Waals surface area contributed by atoms with Gasteiger partial charge in [-0.2, -0.15) is 9.82 Å². The molecule has 0 radical (unpaired) electrons. The highest BCUT2D eigenvalue weighted by molar-refractivity contribution is 7.92. The van der Waals surface area contributed by atoms with Crippen LogP contribution in [0.1, 0.15) is 12.6 Å². The second-order valence-electron chi connectivity index (χ2n) is 6.83. The lowest BCUT2D eigenvalue weighted by molar-refractivity contribution is -0.130. The number of benzene rings is 1. The van der Waals surface area contributed by atoms with E-state index in [1.807, 2.05) is 10.7 Å². The van der Waals surface area contributed by atoms with Crippen LogP contribution in [0.4, 0.5) is 10.2 Å². The first-order valence-corrected chi connectivity index (χ1v) is 10.7. The van der Waals surface area contributed by atoms with E-state index in [4.69, 9.17) is 5.10 Å². The van der Waals surface area contributed by atoms with Crippen LogP contribution in [0.25, 0.3) is 22.4 Å². The van der Waals surface area contributed by atoms with Crippen LogP contribution in [-0.2, 0) is 29.2 Å². The zero-order valence-corrected chi connectivity index (χ0v) is 16.9. The standard InChI is InChI=1S/C20H20FN5O2S/c1-13(27)25-9-10-26-17(12-25)19(15-7-8-22-18(11-15)24-29(2)28)20(23-26)14-3-5-16(21)6-4-14/h3-8,11H,9-10,12H2,1-2H3,(H,22,24). The Labute approximate surface area is 170 Å². The molecule has 150 valence electrons. The third kappa shape index (κ3) is 3.96. The summed E-state index contributed by atoms with van der Waals surface area (Å²) in [5, 5.41) is 4.77. The van der Waals surface area contributed by atoms with Gasteiger partial charge >= 0.3 is 0 Å². The minimum absolute atomic E-state index is 0.00481. The molecule has 0 aliphatic carbocycles. The highest BCUT2D eigenvalue weighted by Gasteiger charge is 2.27. The number of aromatic nitrogens is 3. The fraction of sp³-hybridized carbons (Fsp3) is 0.250. The van der Waals surface area contributed by atoms with Crippen LogP contribution in [0.2, 0.25) is 0 Å².